The largest absolute Gasteiger partial charge is 0.492 e. The Kier molecular flexibility index (Phi) is 6.65. The number of rotatable bonds is 6. The molecular formula is C21H23BrFNO. The summed E-state index contributed by atoms with van der Waals surface area (Å²) >= 11 is 3.37. The molecule has 132 valence electrons. The molecular weight excluding hydrogens is 381 g/mol. The molecule has 0 N–H and O–H groups in total. The third kappa shape index (κ3) is 5.16. The van der Waals surface area contributed by atoms with Gasteiger partial charge < -0.3 is 4.74 Å². The molecule has 0 spiro atoms. The second-order valence-corrected chi connectivity index (χ2v) is 7.06. The summed E-state index contributed by atoms with van der Waals surface area (Å²) in [5.74, 6) is 0.556. The number of hydrogen-bond donors (Lipinski definition) is 0. The molecule has 2 aromatic carbocycles. The molecule has 3 rings (SSSR count). The normalized spacial score (nSPS) is 16.4. The molecule has 2 nitrogen and oxygen atoms in total. The zero-order valence-corrected chi connectivity index (χ0v) is 15.8. The maximum absolute atomic E-state index is 14.5. The highest BCUT2D eigenvalue weighted by atomic mass is 79.9. The zero-order chi connectivity index (χ0) is 17.5. The van der Waals surface area contributed by atoms with E-state index < -0.39 is 0 Å². The van der Waals surface area contributed by atoms with Gasteiger partial charge in [-0.3, -0.25) is 4.90 Å². The fourth-order valence-corrected chi connectivity index (χ4v) is 3.50. The monoisotopic (exact) mass is 403 g/mol. The number of piperidine rings is 1. The molecule has 1 fully saturated rings. The first-order valence-electron chi connectivity index (χ1n) is 8.80. The van der Waals surface area contributed by atoms with Crippen molar-refractivity contribution < 1.29 is 9.13 Å². The highest BCUT2D eigenvalue weighted by Crippen LogP contribution is 2.32. The standard InChI is InChI=1S/C21H23BrFNO/c22-20(21(23)18-7-3-1-4-8-18)17-9-11-19(12-10-17)25-16-15-24-13-5-2-6-14-24/h1,3-4,7-12H,2,5-6,13-16H2/b21-20+. The fraction of sp³-hybridized carbons (Fsp3) is 0.333. The van der Waals surface area contributed by atoms with Crippen molar-refractivity contribution in [2.24, 2.45) is 0 Å². The van der Waals surface area contributed by atoms with Gasteiger partial charge in [0, 0.05) is 12.1 Å². The molecule has 0 aromatic heterocycles. The molecule has 0 unspecified atom stereocenters. The molecule has 0 radical (unpaired) electrons. The minimum atomic E-state index is -0.264. The molecule has 2 aromatic rings. The van der Waals surface area contributed by atoms with E-state index in [9.17, 15) is 4.39 Å². The number of nitrogens with zero attached hydrogens (tertiary/aromatic N) is 1. The van der Waals surface area contributed by atoms with Gasteiger partial charge in [0.25, 0.3) is 0 Å². The molecule has 25 heavy (non-hydrogen) atoms. The predicted octanol–water partition coefficient (Wildman–Crippen LogP) is 5.74. The van der Waals surface area contributed by atoms with Crippen molar-refractivity contribution >= 4 is 26.2 Å². The number of benzene rings is 2. The van der Waals surface area contributed by atoms with Crippen LogP contribution in [-0.4, -0.2) is 31.1 Å². The summed E-state index contributed by atoms with van der Waals surface area (Å²) in [6, 6.07) is 16.6. The van der Waals surface area contributed by atoms with E-state index in [1.54, 1.807) is 12.1 Å². The average Bonchev–Trinajstić information content (AvgIpc) is 2.69. The van der Waals surface area contributed by atoms with Crippen molar-refractivity contribution in [2.45, 2.75) is 19.3 Å². The predicted molar refractivity (Wildman–Crippen MR) is 106 cm³/mol. The number of likely N-dealkylation sites (tertiary alicyclic amines) is 1. The zero-order valence-electron chi connectivity index (χ0n) is 14.3. The second-order valence-electron chi connectivity index (χ2n) is 6.27. The first-order valence-corrected chi connectivity index (χ1v) is 9.59. The minimum Gasteiger partial charge on any atom is -0.492 e. The molecule has 0 saturated carbocycles. The van der Waals surface area contributed by atoms with Gasteiger partial charge in [-0.1, -0.05) is 48.9 Å². The van der Waals surface area contributed by atoms with Gasteiger partial charge in [-0.25, -0.2) is 4.39 Å². The van der Waals surface area contributed by atoms with Crippen LogP contribution in [-0.2, 0) is 0 Å². The molecule has 0 bridgehead atoms. The Morgan fingerprint density at radius 2 is 1.60 bits per heavy atom. The molecule has 0 aliphatic carbocycles. The lowest BCUT2D eigenvalue weighted by Crippen LogP contribution is -2.33. The van der Waals surface area contributed by atoms with E-state index in [4.69, 9.17) is 4.74 Å². The first-order chi connectivity index (χ1) is 12.2. The van der Waals surface area contributed by atoms with Crippen molar-refractivity contribution in [1.29, 1.82) is 0 Å². The van der Waals surface area contributed by atoms with Crippen LogP contribution in [0, 0.1) is 0 Å². The van der Waals surface area contributed by atoms with Gasteiger partial charge in [0.2, 0.25) is 0 Å². The Morgan fingerprint density at radius 3 is 2.28 bits per heavy atom. The van der Waals surface area contributed by atoms with Crippen molar-refractivity contribution in [3.63, 3.8) is 0 Å². The topological polar surface area (TPSA) is 12.5 Å². The molecule has 1 heterocycles. The van der Waals surface area contributed by atoms with Crippen molar-refractivity contribution in [2.75, 3.05) is 26.2 Å². The van der Waals surface area contributed by atoms with Gasteiger partial charge >= 0.3 is 0 Å². The van der Waals surface area contributed by atoms with Crippen LogP contribution in [0.1, 0.15) is 30.4 Å². The van der Waals surface area contributed by atoms with Crippen LogP contribution in [0.4, 0.5) is 4.39 Å². The maximum Gasteiger partial charge on any atom is 0.145 e. The number of hydrogen-bond acceptors (Lipinski definition) is 2. The van der Waals surface area contributed by atoms with E-state index in [-0.39, 0.29) is 5.83 Å². The van der Waals surface area contributed by atoms with Crippen molar-refractivity contribution in [3.05, 3.63) is 65.7 Å². The molecule has 1 aliphatic heterocycles. The van der Waals surface area contributed by atoms with Crippen LogP contribution in [0.15, 0.2) is 54.6 Å². The van der Waals surface area contributed by atoms with Gasteiger partial charge in [0.05, 0.1) is 4.48 Å². The fourth-order valence-electron chi connectivity index (χ4n) is 3.01. The Balaban J connectivity index is 1.58. The Bertz CT molecular complexity index is 694. The van der Waals surface area contributed by atoms with Crippen LogP contribution >= 0.6 is 15.9 Å². The second kappa shape index (κ2) is 9.16. The summed E-state index contributed by atoms with van der Waals surface area (Å²) in [6.45, 7) is 4.01. The Labute approximate surface area is 157 Å². The van der Waals surface area contributed by atoms with Gasteiger partial charge in [0.15, 0.2) is 0 Å². The van der Waals surface area contributed by atoms with Crippen LogP contribution in [0.3, 0.4) is 0 Å². The van der Waals surface area contributed by atoms with E-state index in [0.717, 1.165) is 17.9 Å². The van der Waals surface area contributed by atoms with E-state index in [0.29, 0.717) is 16.7 Å². The van der Waals surface area contributed by atoms with E-state index in [1.807, 2.05) is 42.5 Å². The summed E-state index contributed by atoms with van der Waals surface area (Å²) in [5, 5.41) is 0. The summed E-state index contributed by atoms with van der Waals surface area (Å²) in [7, 11) is 0. The minimum absolute atomic E-state index is 0.264. The third-order valence-corrected chi connectivity index (χ3v) is 5.26. The molecule has 4 heteroatoms. The van der Waals surface area contributed by atoms with Crippen LogP contribution in [0.5, 0.6) is 5.75 Å². The summed E-state index contributed by atoms with van der Waals surface area (Å²) in [6.07, 6.45) is 3.94. The molecule has 1 aliphatic rings. The quantitative estimate of drug-likeness (QED) is 0.569. The molecule has 1 saturated heterocycles. The van der Waals surface area contributed by atoms with Crippen LogP contribution in [0.2, 0.25) is 0 Å². The lowest BCUT2D eigenvalue weighted by atomic mass is 10.1. The summed E-state index contributed by atoms with van der Waals surface area (Å²) in [4.78, 5) is 2.45. The Morgan fingerprint density at radius 1 is 0.920 bits per heavy atom. The van der Waals surface area contributed by atoms with E-state index >= 15 is 0 Å². The van der Waals surface area contributed by atoms with E-state index in [2.05, 4.69) is 20.8 Å². The third-order valence-electron chi connectivity index (χ3n) is 4.45. The summed E-state index contributed by atoms with van der Waals surface area (Å²) in [5.41, 5.74) is 1.36. The smallest absolute Gasteiger partial charge is 0.145 e. The van der Waals surface area contributed by atoms with Gasteiger partial charge in [0.1, 0.15) is 18.2 Å². The Hall–Kier alpha value is -1.65. The first kappa shape index (κ1) is 18.2. The van der Waals surface area contributed by atoms with E-state index in [1.165, 1.54) is 32.4 Å². The number of ether oxygens (including phenoxy) is 1. The lowest BCUT2D eigenvalue weighted by molar-refractivity contribution is 0.183. The SMILES string of the molecule is F/C(=C(/Br)c1ccc(OCCN2CCCCC2)cc1)c1ccccc1. The van der Waals surface area contributed by atoms with Crippen LogP contribution in [0.25, 0.3) is 10.3 Å². The van der Waals surface area contributed by atoms with Crippen molar-refractivity contribution in [3.8, 4) is 5.75 Å². The van der Waals surface area contributed by atoms with Gasteiger partial charge in [-0.15, -0.1) is 0 Å². The maximum atomic E-state index is 14.5. The van der Waals surface area contributed by atoms with Gasteiger partial charge in [-0.05, 0) is 59.6 Å². The number of halogens is 2. The lowest BCUT2D eigenvalue weighted by Gasteiger charge is -2.26. The average molecular weight is 404 g/mol. The van der Waals surface area contributed by atoms with Crippen molar-refractivity contribution in [1.82, 2.24) is 4.90 Å². The highest BCUT2D eigenvalue weighted by molar-refractivity contribution is 9.15. The molecule has 0 amide bonds. The van der Waals surface area contributed by atoms with Crippen LogP contribution < -0.4 is 4.74 Å². The highest BCUT2D eigenvalue weighted by Gasteiger charge is 2.10. The molecule has 0 atom stereocenters. The summed E-state index contributed by atoms with van der Waals surface area (Å²) < 4.78 is 20.8. The van der Waals surface area contributed by atoms with Gasteiger partial charge in [-0.2, -0.15) is 0 Å².